The van der Waals surface area contributed by atoms with Gasteiger partial charge in [0.25, 0.3) is 17.0 Å². The highest BCUT2D eigenvalue weighted by Crippen LogP contribution is 2.30. The number of ether oxygens (including phenoxy) is 10. The molecular weight excluding hydrogens is 2070 g/mol. The highest BCUT2D eigenvalue weighted by molar-refractivity contribution is 7.90. The summed E-state index contributed by atoms with van der Waals surface area (Å²) in [7, 11) is -62.3. The zero-order valence-corrected chi connectivity index (χ0v) is 72.7. The number of hydrogen-bond donors (Lipinski definition) is 0. The quantitative estimate of drug-likeness (QED) is 0.0141. The van der Waals surface area contributed by atoms with Crippen LogP contribution in [0, 0.1) is 49.4 Å². The zero-order chi connectivity index (χ0) is 103. The third kappa shape index (κ3) is 164. The highest BCUT2D eigenvalue weighted by Gasteiger charge is 2.52. The minimum atomic E-state index is -5.84. The van der Waals surface area contributed by atoms with E-state index in [-0.39, 0.29) is 70.3 Å². The Morgan fingerprint density at radius 1 is 0.320 bits per heavy atom. The van der Waals surface area contributed by atoms with Crippen LogP contribution in [0.25, 0.3) is 0 Å². The van der Waals surface area contributed by atoms with Gasteiger partial charge in [-0.2, -0.15) is 158 Å². The summed E-state index contributed by atoms with van der Waals surface area (Å²) in [6.07, 6.45) is 8.35. The molecule has 0 aliphatic heterocycles. The van der Waals surface area contributed by atoms with Crippen molar-refractivity contribution < 1.29 is 256 Å². The maximum absolute atomic E-state index is 12.0. The van der Waals surface area contributed by atoms with Crippen molar-refractivity contribution in [2.75, 3.05) is 113 Å². The van der Waals surface area contributed by atoms with E-state index in [1.807, 2.05) is 11.8 Å². The first-order valence-corrected chi connectivity index (χ1v) is 48.1. The standard InChI is InChI=1S/C5H6F4O3S.C5H4F4O3S.C5H9FO3S.C5H7FO3S.C5H9FO2S.C4H4F4O3S.2C4H7FO3S.2C4H5FO3S.C3H5FO3S.C2HF3O2S.C2H3FO2S/c2*1-2-3-12-4(5(6,7)8)13(9,10)11;2*1-2-3-9-4-5-10(6,7)8;1-2-3-4-5-9(6,7)8;1-2-11-3(4(5,6)7)12(8,9)10;1-2-8-3-4-9(5,6)7;3*1-2-3-8-4-9(5,6)7;1-2-7-3-8(4,5)6;3-2(4)1-8(5,6)7;1-2-6(3,4)5/h2,4H,1,3H2;1,4H,3H2;2H,1,3-5H2;1H,3-5H2;2H,1,3-5H2;2-3H,1H2;2*2H,1,3-4H2;2*1H,3-4H2;2H,1,3H2;1H;2H,1H2. The highest BCUT2D eigenvalue weighted by atomic mass is 32.3. The number of hydrogen-bond acceptors (Lipinski definition) is 36. The number of rotatable bonds is 42. The second-order valence-electron chi connectivity index (χ2n) is 17.8. The number of terminal acetylenes is 4. The fourth-order valence-electron chi connectivity index (χ4n) is 3.45. The van der Waals surface area contributed by atoms with E-state index in [0.29, 0.717) is 12.8 Å². The molecule has 36 nitrogen and oxygen atoms in total. The number of halogens is 24. The van der Waals surface area contributed by atoms with Gasteiger partial charge in [-0.1, -0.05) is 74.3 Å². The van der Waals surface area contributed by atoms with Gasteiger partial charge >= 0.3 is 157 Å². The van der Waals surface area contributed by atoms with Crippen LogP contribution in [0.2, 0.25) is 0 Å². The van der Waals surface area contributed by atoms with Gasteiger partial charge in [0.1, 0.15) is 55.7 Å². The molecule has 0 aliphatic carbocycles. The zero-order valence-electron chi connectivity index (χ0n) is 62.1. The third-order valence-electron chi connectivity index (χ3n) is 7.23. The molecular formula is C52H72F24O36S13. The van der Waals surface area contributed by atoms with Crippen LogP contribution in [0.15, 0.2) is 113 Å². The van der Waals surface area contributed by atoms with Crippen LogP contribution in [0.1, 0.15) is 12.8 Å². The maximum atomic E-state index is 12.0. The van der Waals surface area contributed by atoms with E-state index in [9.17, 15) is 208 Å². The Bertz CT molecular complexity index is 4730. The Hall–Kier alpha value is -7.31. The number of unbranched alkanes of at least 4 members (excludes halogenated alkanes) is 1. The molecule has 0 spiro atoms. The van der Waals surface area contributed by atoms with Crippen LogP contribution in [-0.4, -0.2) is 257 Å². The van der Waals surface area contributed by atoms with Gasteiger partial charge in [-0.3, -0.25) is 0 Å². The predicted molar refractivity (Wildman–Crippen MR) is 395 cm³/mol. The predicted octanol–water partition coefficient (Wildman–Crippen LogP) is 7.74. The summed E-state index contributed by atoms with van der Waals surface area (Å²) in [6.45, 7) is 22.2. The summed E-state index contributed by atoms with van der Waals surface area (Å²) in [6, 6.07) is 0. The molecule has 0 aromatic carbocycles. The number of allylic oxidation sites excluding steroid dienone is 1. The van der Waals surface area contributed by atoms with Gasteiger partial charge < -0.3 is 47.4 Å². The Morgan fingerprint density at radius 3 is 0.824 bits per heavy atom. The molecule has 0 radical (unpaired) electrons. The molecule has 0 fully saturated rings. The van der Waals surface area contributed by atoms with Crippen molar-refractivity contribution in [1.82, 2.24) is 0 Å². The minimum Gasteiger partial charge on any atom is -0.501 e. The van der Waals surface area contributed by atoms with Crippen LogP contribution in [0.5, 0.6) is 0 Å². The molecule has 0 aliphatic rings. The molecule has 0 bridgehead atoms. The van der Waals surface area contributed by atoms with Crippen molar-refractivity contribution in [3.05, 3.63) is 113 Å². The largest absolute Gasteiger partial charge is 0.501 e. The van der Waals surface area contributed by atoms with Gasteiger partial charge in [0.2, 0.25) is 5.94 Å². The van der Waals surface area contributed by atoms with Crippen molar-refractivity contribution in [3.63, 3.8) is 0 Å². The molecule has 3 unspecified atom stereocenters. The van der Waals surface area contributed by atoms with E-state index in [1.165, 1.54) is 12.2 Å². The molecule has 0 saturated heterocycles. The second kappa shape index (κ2) is 75.6. The van der Waals surface area contributed by atoms with Gasteiger partial charge in [0, 0.05) is 0 Å². The normalized spacial score (nSPS) is 12.2. The summed E-state index contributed by atoms with van der Waals surface area (Å²) in [5, 5.41) is -0.514. The van der Waals surface area contributed by atoms with E-state index in [0.717, 1.165) is 18.6 Å². The van der Waals surface area contributed by atoms with Gasteiger partial charge in [0.05, 0.1) is 63.0 Å². The molecule has 125 heavy (non-hydrogen) atoms. The summed E-state index contributed by atoms with van der Waals surface area (Å²) < 4.78 is 569. The van der Waals surface area contributed by atoms with Crippen molar-refractivity contribution >= 4 is 133 Å². The van der Waals surface area contributed by atoms with Crippen LogP contribution in [0.3, 0.4) is 0 Å². The van der Waals surface area contributed by atoms with Crippen molar-refractivity contribution in [2.45, 2.75) is 47.7 Å². The molecule has 0 aromatic rings. The van der Waals surface area contributed by atoms with Crippen molar-refractivity contribution in [1.29, 1.82) is 0 Å². The molecule has 0 N–H and O–H groups in total. The van der Waals surface area contributed by atoms with E-state index in [2.05, 4.69) is 125 Å². The lowest BCUT2D eigenvalue weighted by molar-refractivity contribution is -0.189. The Balaban J connectivity index is -0.0000000992. The smallest absolute Gasteiger partial charge is 0.443 e. The third-order valence-corrected chi connectivity index (χ3v) is 15.3. The van der Waals surface area contributed by atoms with E-state index < -0.39 is 233 Å². The average molecular weight is 2150 g/mol. The summed E-state index contributed by atoms with van der Waals surface area (Å²) >= 11 is 0. The van der Waals surface area contributed by atoms with Crippen molar-refractivity contribution in [2.24, 2.45) is 0 Å². The Kier molecular flexibility index (Phi) is 88.5. The van der Waals surface area contributed by atoms with E-state index >= 15 is 0 Å². The van der Waals surface area contributed by atoms with Gasteiger partial charge in [0.15, 0.2) is 17.8 Å². The second-order valence-corrected chi connectivity index (χ2v) is 35.6. The lowest BCUT2D eigenvalue weighted by atomic mass is 10.3. The fraction of sp³-hybridized carbons (Fsp3) is 0.500. The van der Waals surface area contributed by atoms with Gasteiger partial charge in [-0.15, -0.1) is 103 Å². The summed E-state index contributed by atoms with van der Waals surface area (Å²) in [5.41, 5.74) is -10.4. The first-order chi connectivity index (χ1) is 55.5. The van der Waals surface area contributed by atoms with Crippen LogP contribution >= 0.6 is 0 Å². The van der Waals surface area contributed by atoms with Crippen molar-refractivity contribution in [3.8, 4) is 49.4 Å². The summed E-state index contributed by atoms with van der Waals surface area (Å²) in [4.78, 5) is 0. The van der Waals surface area contributed by atoms with E-state index in [4.69, 9.17) is 6.42 Å². The lowest BCUT2D eigenvalue weighted by Gasteiger charge is -2.15. The molecule has 73 heteroatoms. The van der Waals surface area contributed by atoms with E-state index in [1.54, 1.807) is 12.0 Å². The molecule has 0 saturated carbocycles. The van der Waals surface area contributed by atoms with Crippen LogP contribution in [0.4, 0.5) is 98.8 Å². The first-order valence-electron chi connectivity index (χ1n) is 28.5. The van der Waals surface area contributed by atoms with Gasteiger partial charge in [-0.25, -0.2) is 0 Å². The van der Waals surface area contributed by atoms with Gasteiger partial charge in [-0.05, 0) is 12.8 Å². The molecule has 0 amide bonds. The number of alkyl halides is 9. The average Bonchev–Trinajstić information content (AvgIpc) is 0.846. The molecule has 3 atom stereocenters. The topological polar surface area (TPSA) is 536 Å². The SMILES string of the molecule is C#CCOC(C(F)(F)F)S(=O)(=O)F.C#CCOCCS(=O)(=O)F.C#CCOCS(=O)(=O)F.C#CCOCS(=O)(=O)F.C=CCCCS(=O)(=O)F.C=CCOC(C(F)(F)F)S(=O)(=O)F.C=CCOCCS(=O)(=O)F.C=CCOCS(=O)(=O)F.C=COC(C(F)(F)F)S(=O)(=O)F.C=COCCS(=O)(=O)F.C=COCS(=O)(=O)F.C=CS(=O)(=O)F.O=S(=O)(F)C=C(F)F. The monoisotopic (exact) mass is 2140 g/mol. The van der Waals surface area contributed by atoms with Crippen LogP contribution in [-0.2, 0) is 180 Å². The summed E-state index contributed by atoms with van der Waals surface area (Å²) in [5.74, 6) is 1.70. The minimum absolute atomic E-state index is 0.00944. The Morgan fingerprint density at radius 2 is 0.608 bits per heavy atom. The molecule has 0 rings (SSSR count). The lowest BCUT2D eigenvalue weighted by Crippen LogP contribution is -2.37. The van der Waals surface area contributed by atoms with Crippen LogP contribution < -0.4 is 0 Å². The first kappa shape index (κ1) is 146. The Labute approximate surface area is 706 Å². The maximum Gasteiger partial charge on any atom is 0.443 e. The molecule has 0 heterocycles. The molecule has 742 valence electrons. The fourth-order valence-corrected chi connectivity index (χ4v) is 7.87. The molecule has 0 aromatic heterocycles.